The molecular weight excluding hydrogens is 320 g/mol. The van der Waals surface area contributed by atoms with Gasteiger partial charge in [0.1, 0.15) is 17.4 Å². The zero-order chi connectivity index (χ0) is 17.2. The zero-order valence-electron chi connectivity index (χ0n) is 13.3. The van der Waals surface area contributed by atoms with E-state index in [4.69, 9.17) is 9.47 Å². The Balaban J connectivity index is 1.50. The van der Waals surface area contributed by atoms with Crippen LogP contribution in [0.5, 0.6) is 5.75 Å². The number of piperidine rings is 1. The Hall–Kier alpha value is -1.73. The van der Waals surface area contributed by atoms with E-state index in [1.54, 1.807) is 4.90 Å². The van der Waals surface area contributed by atoms with Crippen LogP contribution >= 0.6 is 0 Å². The lowest BCUT2D eigenvalue weighted by molar-refractivity contribution is -0.139. The number of nitrogens with zero attached hydrogens (tertiary/aromatic N) is 1. The summed E-state index contributed by atoms with van der Waals surface area (Å²) in [5.41, 5.74) is -0.778. The molecule has 2 aliphatic heterocycles. The summed E-state index contributed by atoms with van der Waals surface area (Å²) >= 11 is 0. The van der Waals surface area contributed by atoms with E-state index >= 15 is 0 Å². The number of hydrogen-bond acceptors (Lipinski definition) is 4. The number of ether oxygens (including phenoxy) is 2. The molecule has 0 saturated carbocycles. The van der Waals surface area contributed by atoms with Crippen molar-refractivity contribution in [3.63, 3.8) is 0 Å². The van der Waals surface area contributed by atoms with E-state index in [2.05, 4.69) is 0 Å². The van der Waals surface area contributed by atoms with Gasteiger partial charge in [0.25, 0.3) is 5.91 Å². The van der Waals surface area contributed by atoms with Gasteiger partial charge in [-0.25, -0.2) is 8.78 Å². The molecule has 1 aromatic carbocycles. The average Bonchev–Trinajstić information content (AvgIpc) is 3.08. The van der Waals surface area contributed by atoms with Crippen LogP contribution in [0.1, 0.15) is 19.3 Å². The topological polar surface area (TPSA) is 59.0 Å². The van der Waals surface area contributed by atoms with Crippen molar-refractivity contribution in [2.75, 3.05) is 32.9 Å². The molecule has 132 valence electrons. The first-order valence-electron chi connectivity index (χ1n) is 8.13. The summed E-state index contributed by atoms with van der Waals surface area (Å²) in [4.78, 5) is 13.8. The van der Waals surface area contributed by atoms with E-state index in [0.29, 0.717) is 39.1 Å². The van der Waals surface area contributed by atoms with Crippen molar-refractivity contribution in [2.24, 2.45) is 5.92 Å². The standard InChI is InChI=1S/C17H21F2NO4/c18-13-7-14(19)9-15(8-13)24-11-16(21)20-4-2-17(22,3-5-20)12-1-6-23-10-12/h7-9,12,22H,1-6,10-11H2. The van der Waals surface area contributed by atoms with Gasteiger partial charge in [-0.1, -0.05) is 0 Å². The minimum absolute atomic E-state index is 0.0162. The van der Waals surface area contributed by atoms with E-state index < -0.39 is 17.2 Å². The van der Waals surface area contributed by atoms with Gasteiger partial charge >= 0.3 is 0 Å². The van der Waals surface area contributed by atoms with Gasteiger partial charge in [0.15, 0.2) is 6.61 Å². The number of hydrogen-bond donors (Lipinski definition) is 1. The van der Waals surface area contributed by atoms with E-state index in [-0.39, 0.29) is 24.2 Å². The number of rotatable bonds is 4. The van der Waals surface area contributed by atoms with Crippen LogP contribution in [0.4, 0.5) is 8.78 Å². The SMILES string of the molecule is O=C(COc1cc(F)cc(F)c1)N1CCC(O)(C2CCOC2)CC1. The fraction of sp³-hybridized carbons (Fsp3) is 0.588. The lowest BCUT2D eigenvalue weighted by atomic mass is 9.79. The Labute approximate surface area is 139 Å². The van der Waals surface area contributed by atoms with Gasteiger partial charge in [-0.05, 0) is 19.3 Å². The Morgan fingerprint density at radius 3 is 2.54 bits per heavy atom. The molecule has 1 unspecified atom stereocenters. The summed E-state index contributed by atoms with van der Waals surface area (Å²) in [6.07, 6.45) is 1.85. The number of aliphatic hydroxyl groups is 1. The molecular formula is C17H21F2NO4. The van der Waals surface area contributed by atoms with E-state index in [0.717, 1.165) is 24.6 Å². The molecule has 1 atom stereocenters. The molecule has 2 aliphatic rings. The fourth-order valence-corrected chi connectivity index (χ4v) is 3.36. The first-order valence-corrected chi connectivity index (χ1v) is 8.13. The average molecular weight is 341 g/mol. The lowest BCUT2D eigenvalue weighted by Crippen LogP contribution is -2.51. The predicted molar refractivity (Wildman–Crippen MR) is 81.5 cm³/mol. The Morgan fingerprint density at radius 2 is 1.96 bits per heavy atom. The highest BCUT2D eigenvalue weighted by Crippen LogP contribution is 2.34. The van der Waals surface area contributed by atoms with Gasteiger partial charge in [-0.2, -0.15) is 0 Å². The Bertz CT molecular complexity index is 576. The van der Waals surface area contributed by atoms with Gasteiger partial charge < -0.3 is 19.5 Å². The highest BCUT2D eigenvalue weighted by Gasteiger charge is 2.42. The molecule has 2 heterocycles. The molecule has 2 fully saturated rings. The largest absolute Gasteiger partial charge is 0.484 e. The van der Waals surface area contributed by atoms with Crippen LogP contribution in [-0.4, -0.2) is 54.4 Å². The number of carbonyl (C=O) groups is 1. The summed E-state index contributed by atoms with van der Waals surface area (Å²) in [6.45, 7) is 1.83. The highest BCUT2D eigenvalue weighted by atomic mass is 19.1. The van der Waals surface area contributed by atoms with Gasteiger partial charge in [0.2, 0.25) is 0 Å². The second-order valence-corrected chi connectivity index (χ2v) is 6.44. The molecule has 1 amide bonds. The summed E-state index contributed by atoms with van der Waals surface area (Å²) in [7, 11) is 0. The third-order valence-corrected chi connectivity index (χ3v) is 4.87. The lowest BCUT2D eigenvalue weighted by Gasteiger charge is -2.41. The molecule has 1 N–H and O–H groups in total. The number of amides is 1. The maximum absolute atomic E-state index is 13.1. The summed E-state index contributed by atoms with van der Waals surface area (Å²) < 4.78 is 36.7. The van der Waals surface area contributed by atoms with Crippen molar-refractivity contribution < 1.29 is 28.2 Å². The quantitative estimate of drug-likeness (QED) is 0.906. The molecule has 0 radical (unpaired) electrons. The van der Waals surface area contributed by atoms with Gasteiger partial charge in [-0.15, -0.1) is 0 Å². The second kappa shape index (κ2) is 7.03. The van der Waals surface area contributed by atoms with Crippen molar-refractivity contribution in [3.05, 3.63) is 29.8 Å². The van der Waals surface area contributed by atoms with E-state index in [1.165, 1.54) is 0 Å². The van der Waals surface area contributed by atoms with E-state index in [9.17, 15) is 18.7 Å². The molecule has 24 heavy (non-hydrogen) atoms. The third kappa shape index (κ3) is 3.84. The van der Waals surface area contributed by atoms with Crippen molar-refractivity contribution in [1.29, 1.82) is 0 Å². The Kier molecular flexibility index (Phi) is 5.01. The maximum atomic E-state index is 13.1. The van der Waals surface area contributed by atoms with Gasteiger partial charge in [0.05, 0.1) is 12.2 Å². The molecule has 0 spiro atoms. The first-order chi connectivity index (χ1) is 11.5. The number of benzene rings is 1. The van der Waals surface area contributed by atoms with Crippen LogP contribution in [0.15, 0.2) is 18.2 Å². The molecule has 2 saturated heterocycles. The van der Waals surface area contributed by atoms with Crippen LogP contribution in [0, 0.1) is 17.6 Å². The van der Waals surface area contributed by atoms with Crippen LogP contribution in [0.25, 0.3) is 0 Å². The molecule has 0 aliphatic carbocycles. The third-order valence-electron chi connectivity index (χ3n) is 4.87. The molecule has 0 aromatic heterocycles. The van der Waals surface area contributed by atoms with Crippen LogP contribution in [-0.2, 0) is 9.53 Å². The molecule has 3 rings (SSSR count). The predicted octanol–water partition coefficient (Wildman–Crippen LogP) is 1.73. The van der Waals surface area contributed by atoms with Crippen LogP contribution in [0.2, 0.25) is 0 Å². The number of halogens is 2. The summed E-state index contributed by atoms with van der Waals surface area (Å²) in [5, 5.41) is 10.7. The molecule has 1 aromatic rings. The van der Waals surface area contributed by atoms with Crippen LogP contribution in [0.3, 0.4) is 0 Å². The van der Waals surface area contributed by atoms with Crippen molar-refractivity contribution in [2.45, 2.75) is 24.9 Å². The van der Waals surface area contributed by atoms with Crippen molar-refractivity contribution in [3.8, 4) is 5.75 Å². The minimum Gasteiger partial charge on any atom is -0.484 e. The first kappa shape index (κ1) is 17.1. The number of carbonyl (C=O) groups excluding carboxylic acids is 1. The van der Waals surface area contributed by atoms with Crippen molar-refractivity contribution in [1.82, 2.24) is 4.90 Å². The van der Waals surface area contributed by atoms with Crippen LogP contribution < -0.4 is 4.74 Å². The Morgan fingerprint density at radius 1 is 1.29 bits per heavy atom. The van der Waals surface area contributed by atoms with Gasteiger partial charge in [0, 0.05) is 43.8 Å². The zero-order valence-corrected chi connectivity index (χ0v) is 13.3. The van der Waals surface area contributed by atoms with Crippen molar-refractivity contribution >= 4 is 5.91 Å². The minimum atomic E-state index is -0.778. The molecule has 0 bridgehead atoms. The van der Waals surface area contributed by atoms with Gasteiger partial charge in [-0.3, -0.25) is 4.79 Å². The monoisotopic (exact) mass is 341 g/mol. The molecule has 5 nitrogen and oxygen atoms in total. The normalized spacial score (nSPS) is 23.3. The smallest absolute Gasteiger partial charge is 0.260 e. The fourth-order valence-electron chi connectivity index (χ4n) is 3.36. The maximum Gasteiger partial charge on any atom is 0.260 e. The second-order valence-electron chi connectivity index (χ2n) is 6.44. The molecule has 7 heteroatoms. The van der Waals surface area contributed by atoms with E-state index in [1.807, 2.05) is 0 Å². The number of likely N-dealkylation sites (tertiary alicyclic amines) is 1. The summed E-state index contributed by atoms with van der Waals surface area (Å²) in [6, 6.07) is 2.81. The summed E-state index contributed by atoms with van der Waals surface area (Å²) in [5.74, 6) is -1.65. The highest BCUT2D eigenvalue weighted by molar-refractivity contribution is 5.77.